The summed E-state index contributed by atoms with van der Waals surface area (Å²) in [5.74, 6) is 0.322. The Morgan fingerprint density at radius 2 is 2.21 bits per heavy atom. The Balaban J connectivity index is 1.88. The Hall–Kier alpha value is -1.39. The molecule has 0 saturated carbocycles. The van der Waals surface area contributed by atoms with Gasteiger partial charge in [-0.1, -0.05) is 12.1 Å². The third-order valence-corrected chi connectivity index (χ3v) is 3.89. The number of halogens is 1. The van der Waals surface area contributed by atoms with Crippen LogP contribution in [0.3, 0.4) is 0 Å². The first-order chi connectivity index (χ1) is 9.19. The van der Waals surface area contributed by atoms with Crippen LogP contribution in [0.15, 0.2) is 35.7 Å². The molecule has 2 nitrogen and oxygen atoms in total. The molecule has 1 aromatic carbocycles. The number of nitrogens with one attached hydrogen (secondary N) is 1. The van der Waals surface area contributed by atoms with Crippen LogP contribution in [0.1, 0.15) is 17.4 Å². The van der Waals surface area contributed by atoms with E-state index in [-0.39, 0.29) is 5.82 Å². The molecule has 102 valence electrons. The molecule has 0 saturated heterocycles. The van der Waals surface area contributed by atoms with Crippen molar-refractivity contribution >= 4 is 11.3 Å². The summed E-state index contributed by atoms with van der Waals surface area (Å²) in [6.45, 7) is 2.64. The number of ether oxygens (including phenoxy) is 1. The van der Waals surface area contributed by atoms with E-state index in [4.69, 9.17) is 4.74 Å². The van der Waals surface area contributed by atoms with Gasteiger partial charge in [-0.15, -0.1) is 11.3 Å². The molecule has 1 aromatic heterocycles. The summed E-state index contributed by atoms with van der Waals surface area (Å²) < 4.78 is 18.7. The lowest BCUT2D eigenvalue weighted by atomic mass is 10.1. The van der Waals surface area contributed by atoms with Crippen LogP contribution < -0.4 is 10.1 Å². The van der Waals surface area contributed by atoms with Gasteiger partial charge in [0, 0.05) is 29.1 Å². The summed E-state index contributed by atoms with van der Waals surface area (Å²) in [6, 6.07) is 9.46. The average molecular weight is 279 g/mol. The van der Waals surface area contributed by atoms with E-state index in [2.05, 4.69) is 29.8 Å². The summed E-state index contributed by atoms with van der Waals surface area (Å²) in [7, 11) is 1.54. The molecule has 0 fully saturated rings. The first-order valence-electron chi connectivity index (χ1n) is 6.27. The molecule has 0 spiro atoms. The maximum atomic E-state index is 13.7. The summed E-state index contributed by atoms with van der Waals surface area (Å²) in [6.07, 6.45) is 0.968. The zero-order valence-electron chi connectivity index (χ0n) is 11.2. The standard InChI is InChI=1S/C15H18FNOS/c1-11(8-14-4-3-7-19-14)17-10-12-5-6-13(18-2)9-15(12)16/h3-7,9,11,17H,8,10H2,1-2H3. The van der Waals surface area contributed by atoms with Crippen LogP contribution in [0.25, 0.3) is 0 Å². The summed E-state index contributed by atoms with van der Waals surface area (Å²) in [5, 5.41) is 5.42. The molecule has 1 heterocycles. The number of thiophene rings is 1. The van der Waals surface area contributed by atoms with Crippen molar-refractivity contribution in [2.45, 2.75) is 25.9 Å². The normalized spacial score (nSPS) is 12.4. The fourth-order valence-corrected chi connectivity index (χ4v) is 2.72. The van der Waals surface area contributed by atoms with Crippen LogP contribution in [0.2, 0.25) is 0 Å². The van der Waals surface area contributed by atoms with Gasteiger partial charge in [-0.25, -0.2) is 4.39 Å². The van der Waals surface area contributed by atoms with Gasteiger partial charge >= 0.3 is 0 Å². The Labute approximate surface area is 117 Å². The lowest BCUT2D eigenvalue weighted by Crippen LogP contribution is -2.27. The maximum absolute atomic E-state index is 13.7. The van der Waals surface area contributed by atoms with Crippen molar-refractivity contribution in [2.75, 3.05) is 7.11 Å². The molecule has 1 unspecified atom stereocenters. The lowest BCUT2D eigenvalue weighted by molar-refractivity contribution is 0.410. The summed E-state index contributed by atoms with van der Waals surface area (Å²) >= 11 is 1.75. The molecule has 0 amide bonds. The fraction of sp³-hybridized carbons (Fsp3) is 0.333. The SMILES string of the molecule is COc1ccc(CNC(C)Cc2cccs2)c(F)c1. The van der Waals surface area contributed by atoms with Crippen molar-refractivity contribution in [2.24, 2.45) is 0 Å². The quantitative estimate of drug-likeness (QED) is 0.872. The topological polar surface area (TPSA) is 21.3 Å². The predicted molar refractivity (Wildman–Crippen MR) is 77.3 cm³/mol. The van der Waals surface area contributed by atoms with E-state index >= 15 is 0 Å². The molecule has 0 aliphatic rings. The highest BCUT2D eigenvalue weighted by Crippen LogP contribution is 2.16. The minimum absolute atomic E-state index is 0.227. The minimum atomic E-state index is -0.227. The van der Waals surface area contributed by atoms with Gasteiger partial charge in [0.25, 0.3) is 0 Å². The van der Waals surface area contributed by atoms with E-state index in [9.17, 15) is 4.39 Å². The molecule has 2 rings (SSSR count). The smallest absolute Gasteiger partial charge is 0.131 e. The molecule has 19 heavy (non-hydrogen) atoms. The molecule has 0 bridgehead atoms. The third-order valence-electron chi connectivity index (χ3n) is 2.99. The highest BCUT2D eigenvalue weighted by Gasteiger charge is 2.07. The molecule has 1 N–H and O–H groups in total. The van der Waals surface area contributed by atoms with Crippen molar-refractivity contribution in [3.05, 3.63) is 52.0 Å². The van der Waals surface area contributed by atoms with E-state index in [0.29, 0.717) is 23.9 Å². The highest BCUT2D eigenvalue weighted by molar-refractivity contribution is 7.09. The van der Waals surface area contributed by atoms with Gasteiger partial charge in [0.1, 0.15) is 11.6 Å². The predicted octanol–water partition coefficient (Wildman–Crippen LogP) is 3.62. The van der Waals surface area contributed by atoms with Gasteiger partial charge in [-0.3, -0.25) is 0 Å². The van der Waals surface area contributed by atoms with Gasteiger partial charge in [0.05, 0.1) is 7.11 Å². The number of hydrogen-bond acceptors (Lipinski definition) is 3. The van der Waals surface area contributed by atoms with Crippen LogP contribution in [0, 0.1) is 5.82 Å². The van der Waals surface area contributed by atoms with Crippen LogP contribution in [0.5, 0.6) is 5.75 Å². The zero-order valence-corrected chi connectivity index (χ0v) is 12.0. The van der Waals surface area contributed by atoms with E-state index in [0.717, 1.165) is 6.42 Å². The third kappa shape index (κ3) is 4.04. The first-order valence-corrected chi connectivity index (χ1v) is 7.15. The van der Waals surface area contributed by atoms with Crippen molar-refractivity contribution in [1.29, 1.82) is 0 Å². The summed E-state index contributed by atoms with van der Waals surface area (Å²) in [5.41, 5.74) is 0.666. The Bertz CT molecular complexity index is 513. The van der Waals surface area contributed by atoms with Gasteiger partial charge in [-0.05, 0) is 30.9 Å². The molecule has 0 radical (unpaired) electrons. The zero-order chi connectivity index (χ0) is 13.7. The largest absolute Gasteiger partial charge is 0.497 e. The maximum Gasteiger partial charge on any atom is 0.131 e. The monoisotopic (exact) mass is 279 g/mol. The average Bonchev–Trinajstić information content (AvgIpc) is 2.90. The number of hydrogen-bond donors (Lipinski definition) is 1. The molecule has 0 aliphatic carbocycles. The Morgan fingerprint density at radius 1 is 1.37 bits per heavy atom. The Morgan fingerprint density at radius 3 is 2.84 bits per heavy atom. The van der Waals surface area contributed by atoms with Gasteiger partial charge < -0.3 is 10.1 Å². The molecule has 2 aromatic rings. The minimum Gasteiger partial charge on any atom is -0.497 e. The van der Waals surface area contributed by atoms with Crippen molar-refractivity contribution in [3.63, 3.8) is 0 Å². The van der Waals surface area contributed by atoms with Crippen molar-refractivity contribution in [3.8, 4) is 5.75 Å². The molecule has 4 heteroatoms. The van der Waals surface area contributed by atoms with Crippen LogP contribution in [-0.4, -0.2) is 13.2 Å². The second-order valence-electron chi connectivity index (χ2n) is 4.52. The van der Waals surface area contributed by atoms with Gasteiger partial charge in [0.2, 0.25) is 0 Å². The first kappa shape index (κ1) is 14.0. The molecule has 0 aliphatic heterocycles. The van der Waals surface area contributed by atoms with Crippen LogP contribution >= 0.6 is 11.3 Å². The Kier molecular flexibility index (Phi) is 4.93. The lowest BCUT2D eigenvalue weighted by Gasteiger charge is -2.13. The number of benzene rings is 1. The van der Waals surface area contributed by atoms with Gasteiger partial charge in [-0.2, -0.15) is 0 Å². The number of methoxy groups -OCH3 is 1. The van der Waals surface area contributed by atoms with E-state index in [1.165, 1.54) is 18.1 Å². The van der Waals surface area contributed by atoms with Crippen LogP contribution in [0.4, 0.5) is 4.39 Å². The van der Waals surface area contributed by atoms with Crippen LogP contribution in [-0.2, 0) is 13.0 Å². The fourth-order valence-electron chi connectivity index (χ4n) is 1.89. The van der Waals surface area contributed by atoms with Crippen molar-refractivity contribution in [1.82, 2.24) is 5.32 Å². The highest BCUT2D eigenvalue weighted by atomic mass is 32.1. The molecule has 1 atom stereocenters. The van der Waals surface area contributed by atoms with Crippen molar-refractivity contribution < 1.29 is 9.13 Å². The van der Waals surface area contributed by atoms with E-state index < -0.39 is 0 Å². The molecular weight excluding hydrogens is 261 g/mol. The second-order valence-corrected chi connectivity index (χ2v) is 5.56. The summed E-state index contributed by atoms with van der Waals surface area (Å²) in [4.78, 5) is 1.34. The second kappa shape index (κ2) is 6.68. The molecular formula is C15H18FNOS. The number of rotatable bonds is 6. The van der Waals surface area contributed by atoms with E-state index in [1.54, 1.807) is 23.5 Å². The van der Waals surface area contributed by atoms with Gasteiger partial charge in [0.15, 0.2) is 0 Å². The van der Waals surface area contributed by atoms with E-state index in [1.807, 2.05) is 0 Å².